The predicted octanol–water partition coefficient (Wildman–Crippen LogP) is 4.54. The van der Waals surface area contributed by atoms with E-state index in [0.29, 0.717) is 16.4 Å². The summed E-state index contributed by atoms with van der Waals surface area (Å²) in [5.74, 6) is -2.39. The van der Waals surface area contributed by atoms with Crippen molar-refractivity contribution in [2.75, 3.05) is 11.9 Å². The number of ether oxygens (including phenoxy) is 1. The van der Waals surface area contributed by atoms with E-state index in [4.69, 9.17) is 16.3 Å². The molecule has 0 saturated heterocycles. The van der Waals surface area contributed by atoms with Crippen LogP contribution in [0.25, 0.3) is 11.3 Å². The average Bonchev–Trinajstić information content (AvgIpc) is 3.08. The lowest BCUT2D eigenvalue weighted by Gasteiger charge is -2.06. The second-order valence-corrected chi connectivity index (χ2v) is 6.56. The molecule has 138 valence electrons. The van der Waals surface area contributed by atoms with Crippen LogP contribution >= 0.6 is 22.9 Å². The largest absolute Gasteiger partial charge is 0.452 e. The molecule has 0 fully saturated rings. The van der Waals surface area contributed by atoms with Gasteiger partial charge in [0.25, 0.3) is 5.91 Å². The number of esters is 1. The Balaban J connectivity index is 1.56. The highest BCUT2D eigenvalue weighted by Gasteiger charge is 2.15. The zero-order chi connectivity index (χ0) is 19.4. The summed E-state index contributed by atoms with van der Waals surface area (Å²) < 4.78 is 30.8. The zero-order valence-corrected chi connectivity index (χ0v) is 15.1. The topological polar surface area (TPSA) is 68.3 Å². The monoisotopic (exact) mass is 408 g/mol. The third-order valence-electron chi connectivity index (χ3n) is 3.38. The summed E-state index contributed by atoms with van der Waals surface area (Å²) in [6.45, 7) is -0.558. The summed E-state index contributed by atoms with van der Waals surface area (Å²) >= 11 is 6.94. The quantitative estimate of drug-likeness (QED) is 0.629. The number of rotatable bonds is 5. The lowest BCUT2D eigenvalue weighted by Crippen LogP contribution is -2.21. The van der Waals surface area contributed by atoms with Crippen LogP contribution in [0.4, 0.5) is 13.9 Å². The van der Waals surface area contributed by atoms with E-state index in [0.717, 1.165) is 12.1 Å². The standard InChI is InChI=1S/C18H11ClF2N2O3S/c19-14-7-12(21)5-6-13(14)17(25)26-8-16(24)23-18-22-15(9-27-18)10-1-3-11(20)4-2-10/h1-7,9H,8H2,(H,22,23,24). The van der Waals surface area contributed by atoms with Gasteiger partial charge < -0.3 is 4.74 Å². The first-order valence-electron chi connectivity index (χ1n) is 7.56. The van der Waals surface area contributed by atoms with Crippen molar-refractivity contribution in [3.05, 3.63) is 70.1 Å². The molecule has 27 heavy (non-hydrogen) atoms. The van der Waals surface area contributed by atoms with E-state index in [2.05, 4.69) is 10.3 Å². The van der Waals surface area contributed by atoms with Crippen molar-refractivity contribution in [2.24, 2.45) is 0 Å². The molecular weight excluding hydrogens is 398 g/mol. The van der Waals surface area contributed by atoms with Gasteiger partial charge in [0.05, 0.1) is 16.3 Å². The molecule has 0 radical (unpaired) electrons. The molecule has 0 aliphatic carbocycles. The number of halogens is 3. The minimum absolute atomic E-state index is 0.0429. The van der Waals surface area contributed by atoms with Gasteiger partial charge in [0.15, 0.2) is 11.7 Å². The van der Waals surface area contributed by atoms with Gasteiger partial charge in [-0.15, -0.1) is 11.3 Å². The van der Waals surface area contributed by atoms with Crippen LogP contribution in [0.15, 0.2) is 47.8 Å². The summed E-state index contributed by atoms with van der Waals surface area (Å²) in [6.07, 6.45) is 0. The van der Waals surface area contributed by atoms with Crippen LogP contribution < -0.4 is 5.32 Å². The van der Waals surface area contributed by atoms with E-state index in [-0.39, 0.29) is 16.4 Å². The number of hydrogen-bond acceptors (Lipinski definition) is 5. The van der Waals surface area contributed by atoms with Crippen molar-refractivity contribution in [1.82, 2.24) is 4.98 Å². The second kappa shape index (κ2) is 8.24. The maximum absolute atomic E-state index is 13.0. The molecule has 1 heterocycles. The molecule has 0 aliphatic heterocycles. The Bertz CT molecular complexity index is 993. The smallest absolute Gasteiger partial charge is 0.340 e. The third kappa shape index (κ3) is 4.87. The third-order valence-corrected chi connectivity index (χ3v) is 4.45. The van der Waals surface area contributed by atoms with Gasteiger partial charge in [0.2, 0.25) is 0 Å². The van der Waals surface area contributed by atoms with Crippen LogP contribution in [-0.2, 0) is 9.53 Å². The minimum Gasteiger partial charge on any atom is -0.452 e. The second-order valence-electron chi connectivity index (χ2n) is 5.29. The maximum atomic E-state index is 13.0. The number of hydrogen-bond donors (Lipinski definition) is 1. The van der Waals surface area contributed by atoms with Crippen molar-refractivity contribution >= 4 is 39.9 Å². The normalized spacial score (nSPS) is 10.5. The van der Waals surface area contributed by atoms with E-state index >= 15 is 0 Å². The number of anilines is 1. The van der Waals surface area contributed by atoms with Gasteiger partial charge in [0.1, 0.15) is 11.6 Å². The van der Waals surface area contributed by atoms with Gasteiger partial charge in [-0.05, 0) is 42.5 Å². The highest BCUT2D eigenvalue weighted by atomic mass is 35.5. The highest BCUT2D eigenvalue weighted by molar-refractivity contribution is 7.14. The Morgan fingerprint density at radius 3 is 2.52 bits per heavy atom. The molecule has 1 aromatic heterocycles. The minimum atomic E-state index is -0.846. The highest BCUT2D eigenvalue weighted by Crippen LogP contribution is 2.25. The van der Waals surface area contributed by atoms with Crippen molar-refractivity contribution in [2.45, 2.75) is 0 Å². The lowest BCUT2D eigenvalue weighted by molar-refractivity contribution is -0.119. The Kier molecular flexibility index (Phi) is 5.78. The SMILES string of the molecule is O=C(COC(=O)c1ccc(F)cc1Cl)Nc1nc(-c2ccc(F)cc2)cs1. The molecule has 0 spiro atoms. The number of amides is 1. The van der Waals surface area contributed by atoms with Crippen LogP contribution in [0.3, 0.4) is 0 Å². The summed E-state index contributed by atoms with van der Waals surface area (Å²) in [4.78, 5) is 28.0. The van der Waals surface area contributed by atoms with Crippen LogP contribution in [0, 0.1) is 11.6 Å². The zero-order valence-electron chi connectivity index (χ0n) is 13.5. The number of benzene rings is 2. The van der Waals surface area contributed by atoms with E-state index in [1.54, 1.807) is 17.5 Å². The molecule has 0 saturated carbocycles. The van der Waals surface area contributed by atoms with Crippen LogP contribution in [0.2, 0.25) is 5.02 Å². The number of thiazole rings is 1. The summed E-state index contributed by atoms with van der Waals surface area (Å²) in [5.41, 5.74) is 1.23. The first-order chi connectivity index (χ1) is 12.9. The molecular formula is C18H11ClF2N2O3S. The molecule has 2 aromatic carbocycles. The molecule has 3 aromatic rings. The van der Waals surface area contributed by atoms with Gasteiger partial charge in [-0.3, -0.25) is 10.1 Å². The van der Waals surface area contributed by atoms with Crippen molar-refractivity contribution in [1.29, 1.82) is 0 Å². The Morgan fingerprint density at radius 2 is 1.81 bits per heavy atom. The van der Waals surface area contributed by atoms with Crippen LogP contribution in [-0.4, -0.2) is 23.5 Å². The maximum Gasteiger partial charge on any atom is 0.340 e. The predicted molar refractivity (Wildman–Crippen MR) is 97.8 cm³/mol. The average molecular weight is 409 g/mol. The van der Waals surface area contributed by atoms with Gasteiger partial charge in [-0.2, -0.15) is 0 Å². The van der Waals surface area contributed by atoms with E-state index < -0.39 is 24.3 Å². The van der Waals surface area contributed by atoms with Crippen LogP contribution in [0.5, 0.6) is 0 Å². The molecule has 0 atom stereocenters. The fraction of sp³-hybridized carbons (Fsp3) is 0.0556. The molecule has 1 N–H and O–H groups in total. The number of nitrogens with one attached hydrogen (secondary N) is 1. The molecule has 0 aliphatic rings. The Hall–Kier alpha value is -2.84. The Labute approximate surface area is 161 Å². The molecule has 0 unspecified atom stereocenters. The van der Waals surface area contributed by atoms with E-state index in [1.807, 2.05) is 0 Å². The van der Waals surface area contributed by atoms with E-state index in [9.17, 15) is 18.4 Å². The summed E-state index contributed by atoms with van der Waals surface area (Å²) in [6, 6.07) is 8.99. The van der Waals surface area contributed by atoms with Crippen LogP contribution in [0.1, 0.15) is 10.4 Å². The van der Waals surface area contributed by atoms with Crippen molar-refractivity contribution in [3.63, 3.8) is 0 Å². The summed E-state index contributed by atoms with van der Waals surface area (Å²) in [7, 11) is 0. The molecule has 0 bridgehead atoms. The number of nitrogens with zero attached hydrogens (tertiary/aromatic N) is 1. The van der Waals surface area contributed by atoms with Gasteiger partial charge in [-0.25, -0.2) is 18.6 Å². The first kappa shape index (κ1) is 18.9. The van der Waals surface area contributed by atoms with Gasteiger partial charge in [0, 0.05) is 10.9 Å². The number of aromatic nitrogens is 1. The summed E-state index contributed by atoms with van der Waals surface area (Å²) in [5, 5.41) is 4.39. The van der Waals surface area contributed by atoms with Crippen molar-refractivity contribution in [3.8, 4) is 11.3 Å². The molecule has 9 heteroatoms. The lowest BCUT2D eigenvalue weighted by atomic mass is 10.2. The van der Waals surface area contributed by atoms with Crippen molar-refractivity contribution < 1.29 is 23.1 Å². The molecule has 3 rings (SSSR count). The van der Waals surface area contributed by atoms with Gasteiger partial charge in [-0.1, -0.05) is 11.6 Å². The first-order valence-corrected chi connectivity index (χ1v) is 8.81. The number of carbonyl (C=O) groups is 2. The van der Waals surface area contributed by atoms with Gasteiger partial charge >= 0.3 is 5.97 Å². The fourth-order valence-electron chi connectivity index (χ4n) is 2.10. The van der Waals surface area contributed by atoms with E-state index in [1.165, 1.54) is 29.5 Å². The number of carbonyl (C=O) groups excluding carboxylic acids is 2. The Morgan fingerprint density at radius 1 is 1.11 bits per heavy atom. The molecule has 1 amide bonds. The fourth-order valence-corrected chi connectivity index (χ4v) is 3.08. The molecule has 5 nitrogen and oxygen atoms in total.